The van der Waals surface area contributed by atoms with Gasteiger partial charge in [0.2, 0.25) is 0 Å². The third-order valence-electron chi connectivity index (χ3n) is 3.55. The van der Waals surface area contributed by atoms with Crippen molar-refractivity contribution in [3.05, 3.63) is 34.3 Å². The molecule has 1 aliphatic heterocycles. The Kier molecular flexibility index (Phi) is 6.15. The number of rotatable bonds is 5. The Balaban J connectivity index is 1.78. The van der Waals surface area contributed by atoms with E-state index in [0.29, 0.717) is 18.7 Å². The van der Waals surface area contributed by atoms with Crippen LogP contribution in [0, 0.1) is 0 Å². The van der Waals surface area contributed by atoms with Crippen molar-refractivity contribution in [2.24, 2.45) is 0 Å². The molecule has 0 radical (unpaired) electrons. The largest absolute Gasteiger partial charge is 0.451 e. The summed E-state index contributed by atoms with van der Waals surface area (Å²) in [6, 6.07) is 6.83. The normalized spacial score (nSPS) is 15.1. The summed E-state index contributed by atoms with van der Waals surface area (Å²) in [5.41, 5.74) is 0.438. The quantitative estimate of drug-likeness (QED) is 0.786. The molecule has 0 aromatic heterocycles. The first-order chi connectivity index (χ1) is 11.0. The van der Waals surface area contributed by atoms with E-state index >= 15 is 0 Å². The molecule has 1 unspecified atom stereocenters. The van der Waals surface area contributed by atoms with Crippen molar-refractivity contribution in [2.75, 3.05) is 19.6 Å². The van der Waals surface area contributed by atoms with Gasteiger partial charge in [0.15, 0.2) is 6.10 Å². The molecule has 124 valence electrons. The number of amides is 2. The maximum atomic E-state index is 12.0. The Labute approximate surface area is 143 Å². The molecule has 0 saturated carbocycles. The second-order valence-electron chi connectivity index (χ2n) is 5.36. The molecule has 1 fully saturated rings. The van der Waals surface area contributed by atoms with E-state index in [1.807, 2.05) is 0 Å². The lowest BCUT2D eigenvalue weighted by Crippen LogP contribution is -2.40. The predicted molar refractivity (Wildman–Crippen MR) is 87.8 cm³/mol. The molecule has 2 rings (SSSR count). The molecule has 1 atom stereocenters. The van der Waals surface area contributed by atoms with Crippen molar-refractivity contribution in [3.63, 3.8) is 0 Å². The fraction of sp³-hybridized carbons (Fsp3) is 0.438. The average molecular weight is 383 g/mol. The van der Waals surface area contributed by atoms with E-state index in [-0.39, 0.29) is 18.4 Å². The van der Waals surface area contributed by atoms with Crippen LogP contribution >= 0.6 is 15.9 Å². The van der Waals surface area contributed by atoms with Crippen molar-refractivity contribution in [2.45, 2.75) is 25.9 Å². The van der Waals surface area contributed by atoms with Gasteiger partial charge in [-0.2, -0.15) is 0 Å². The number of carbonyl (C=O) groups excluding carboxylic acids is 3. The lowest BCUT2D eigenvalue weighted by atomic mass is 10.2. The van der Waals surface area contributed by atoms with Crippen LogP contribution in [0.2, 0.25) is 0 Å². The summed E-state index contributed by atoms with van der Waals surface area (Å²) >= 11 is 3.28. The van der Waals surface area contributed by atoms with Gasteiger partial charge in [0.25, 0.3) is 11.8 Å². The number of nitrogens with zero attached hydrogens (tertiary/aromatic N) is 1. The summed E-state index contributed by atoms with van der Waals surface area (Å²) in [7, 11) is 0. The standard InChI is InChI=1S/C16H19BrN2O4/c1-11(16(22)19-7-2-3-8-19)23-14(20)10-18-15(21)12-5-4-6-13(17)9-12/h4-6,9,11H,2-3,7-8,10H2,1H3,(H,18,21). The van der Waals surface area contributed by atoms with Crippen LogP contribution in [0.4, 0.5) is 0 Å². The van der Waals surface area contributed by atoms with Gasteiger partial charge in [-0.05, 0) is 38.0 Å². The topological polar surface area (TPSA) is 75.7 Å². The van der Waals surface area contributed by atoms with Gasteiger partial charge >= 0.3 is 5.97 Å². The third kappa shape index (κ3) is 5.06. The molecule has 1 N–H and O–H groups in total. The minimum atomic E-state index is -0.830. The third-order valence-corrected chi connectivity index (χ3v) is 4.05. The molecule has 7 heteroatoms. The molecule has 6 nitrogen and oxygen atoms in total. The summed E-state index contributed by atoms with van der Waals surface area (Å²) in [6.45, 7) is 2.69. The van der Waals surface area contributed by atoms with Gasteiger partial charge in [0.1, 0.15) is 6.54 Å². The molecule has 23 heavy (non-hydrogen) atoms. The van der Waals surface area contributed by atoms with E-state index in [1.54, 1.807) is 36.1 Å². The number of hydrogen-bond acceptors (Lipinski definition) is 4. The van der Waals surface area contributed by atoms with Gasteiger partial charge in [-0.25, -0.2) is 0 Å². The highest BCUT2D eigenvalue weighted by Crippen LogP contribution is 2.12. The lowest BCUT2D eigenvalue weighted by Gasteiger charge is -2.20. The van der Waals surface area contributed by atoms with Gasteiger partial charge < -0.3 is 15.0 Å². The smallest absolute Gasteiger partial charge is 0.326 e. The highest BCUT2D eigenvalue weighted by Gasteiger charge is 2.25. The van der Waals surface area contributed by atoms with E-state index in [0.717, 1.165) is 17.3 Å². The van der Waals surface area contributed by atoms with Crippen LogP contribution in [0.3, 0.4) is 0 Å². The van der Waals surface area contributed by atoms with Gasteiger partial charge in [0, 0.05) is 23.1 Å². The Morgan fingerprint density at radius 3 is 2.65 bits per heavy atom. The van der Waals surface area contributed by atoms with Crippen LogP contribution in [-0.2, 0) is 14.3 Å². The molecule has 0 spiro atoms. The van der Waals surface area contributed by atoms with Crippen molar-refractivity contribution < 1.29 is 19.1 Å². The Morgan fingerprint density at radius 1 is 1.30 bits per heavy atom. The molecule has 2 amide bonds. The predicted octanol–water partition coefficient (Wildman–Crippen LogP) is 1.73. The number of likely N-dealkylation sites (tertiary alicyclic amines) is 1. The summed E-state index contributed by atoms with van der Waals surface area (Å²) < 4.78 is 5.86. The lowest BCUT2D eigenvalue weighted by molar-refractivity contribution is -0.157. The van der Waals surface area contributed by atoms with E-state index in [4.69, 9.17) is 4.74 Å². The molecule has 0 aliphatic carbocycles. The second kappa shape index (κ2) is 8.10. The zero-order valence-electron chi connectivity index (χ0n) is 12.9. The number of halogens is 1. The van der Waals surface area contributed by atoms with Gasteiger partial charge in [-0.3, -0.25) is 14.4 Å². The first-order valence-electron chi connectivity index (χ1n) is 7.49. The second-order valence-corrected chi connectivity index (χ2v) is 6.27. The van der Waals surface area contributed by atoms with Crippen molar-refractivity contribution in [3.8, 4) is 0 Å². The SMILES string of the molecule is CC(OC(=O)CNC(=O)c1cccc(Br)c1)C(=O)N1CCCC1. The van der Waals surface area contributed by atoms with Crippen LogP contribution in [0.5, 0.6) is 0 Å². The fourth-order valence-corrected chi connectivity index (χ4v) is 2.77. The number of benzene rings is 1. The van der Waals surface area contributed by atoms with E-state index in [1.165, 1.54) is 0 Å². The average Bonchev–Trinajstić information content (AvgIpc) is 3.06. The number of esters is 1. The van der Waals surface area contributed by atoms with Crippen molar-refractivity contribution >= 4 is 33.7 Å². The number of nitrogens with one attached hydrogen (secondary N) is 1. The number of carbonyl (C=O) groups is 3. The van der Waals surface area contributed by atoms with Crippen LogP contribution in [0.15, 0.2) is 28.7 Å². The summed E-state index contributed by atoms with van der Waals surface area (Å²) in [5, 5.41) is 2.48. The minimum absolute atomic E-state index is 0.186. The molecule has 1 heterocycles. The zero-order chi connectivity index (χ0) is 16.8. The maximum Gasteiger partial charge on any atom is 0.326 e. The number of ether oxygens (including phenoxy) is 1. The molecule has 0 bridgehead atoms. The molecule has 1 aromatic carbocycles. The first kappa shape index (κ1) is 17.5. The summed E-state index contributed by atoms with van der Waals surface area (Å²) in [4.78, 5) is 37.4. The Morgan fingerprint density at radius 2 is 2.00 bits per heavy atom. The Bertz CT molecular complexity index is 599. The number of hydrogen-bond donors (Lipinski definition) is 1. The van der Waals surface area contributed by atoms with Crippen molar-refractivity contribution in [1.29, 1.82) is 0 Å². The highest BCUT2D eigenvalue weighted by atomic mass is 79.9. The molecule has 1 aliphatic rings. The van der Waals surface area contributed by atoms with Gasteiger partial charge in [0.05, 0.1) is 0 Å². The van der Waals surface area contributed by atoms with E-state index < -0.39 is 12.1 Å². The van der Waals surface area contributed by atoms with E-state index in [2.05, 4.69) is 21.2 Å². The van der Waals surface area contributed by atoms with Gasteiger partial charge in [-0.15, -0.1) is 0 Å². The van der Waals surface area contributed by atoms with Crippen LogP contribution in [0.25, 0.3) is 0 Å². The summed E-state index contributed by atoms with van der Waals surface area (Å²) in [6.07, 6.45) is 1.13. The minimum Gasteiger partial charge on any atom is -0.451 e. The van der Waals surface area contributed by atoms with E-state index in [9.17, 15) is 14.4 Å². The fourth-order valence-electron chi connectivity index (χ4n) is 2.37. The highest BCUT2D eigenvalue weighted by molar-refractivity contribution is 9.10. The molecule has 1 aromatic rings. The maximum absolute atomic E-state index is 12.0. The zero-order valence-corrected chi connectivity index (χ0v) is 14.5. The van der Waals surface area contributed by atoms with Gasteiger partial charge in [-0.1, -0.05) is 22.0 Å². The van der Waals surface area contributed by atoms with Crippen LogP contribution in [0.1, 0.15) is 30.1 Å². The molecule has 1 saturated heterocycles. The Hall–Kier alpha value is -1.89. The van der Waals surface area contributed by atoms with Crippen LogP contribution < -0.4 is 5.32 Å². The molecular weight excluding hydrogens is 364 g/mol. The monoisotopic (exact) mass is 382 g/mol. The summed E-state index contributed by atoms with van der Waals surface area (Å²) in [5.74, 6) is -1.19. The van der Waals surface area contributed by atoms with Crippen LogP contribution in [-0.4, -0.2) is 48.4 Å². The first-order valence-corrected chi connectivity index (χ1v) is 8.28. The molecular formula is C16H19BrN2O4. The van der Waals surface area contributed by atoms with Crippen molar-refractivity contribution in [1.82, 2.24) is 10.2 Å².